The van der Waals surface area contributed by atoms with Gasteiger partial charge in [0.1, 0.15) is 47.2 Å². The van der Waals surface area contributed by atoms with Crippen molar-refractivity contribution >= 4 is 76.0 Å². The number of carbonyl (C=O) groups excluding carboxylic acids is 8. The summed E-state index contributed by atoms with van der Waals surface area (Å²) in [6.45, 7) is 4.75. The minimum absolute atomic E-state index is 0.0283. The SMILES string of the molecule is COc1ccc(NC(=O)[C@H](CCCCN)NC(=O)c2cc(NC(=O)[C@@H](N)CCCCCN)ccc2OC)cc1C(=O)N[C@@H](CCCCN)C(=O)Nc1ccc(OC)c(C(=O)N[C@@H](CCCCN)C(=O)Nc2ccc(OC)c(C(=O)N[C@H](C(=O)O)C(C)C)c2)c1. The van der Waals surface area contributed by atoms with Crippen LogP contribution in [-0.2, 0) is 24.0 Å². The molecule has 0 unspecified atom stereocenters. The van der Waals surface area contributed by atoms with Crippen LogP contribution in [0.25, 0.3) is 0 Å². The number of carbonyl (C=O) groups is 9. The number of hydrogen-bond donors (Lipinski definition) is 14. The fourth-order valence-electron chi connectivity index (χ4n) is 9.32. The number of nitrogens with two attached hydrogens (primary N) is 5. The summed E-state index contributed by atoms with van der Waals surface area (Å²) in [6, 6.07) is 11.8. The van der Waals surface area contributed by atoms with Crippen LogP contribution in [-0.4, -0.2) is 143 Å². The Balaban J connectivity index is 1.56. The van der Waals surface area contributed by atoms with Crippen LogP contribution in [0, 0.1) is 5.92 Å². The van der Waals surface area contributed by atoms with Gasteiger partial charge >= 0.3 is 5.97 Å². The first-order valence-corrected chi connectivity index (χ1v) is 29.6. The van der Waals surface area contributed by atoms with Gasteiger partial charge in [-0.1, -0.05) is 26.7 Å². The molecular formula is C62H89N13O14. The van der Waals surface area contributed by atoms with Gasteiger partial charge in [-0.3, -0.25) is 38.4 Å². The van der Waals surface area contributed by atoms with E-state index in [1.165, 1.54) is 95.2 Å². The quantitative estimate of drug-likeness (QED) is 0.0281. The van der Waals surface area contributed by atoms with Crippen LogP contribution in [0.15, 0.2) is 72.8 Å². The van der Waals surface area contributed by atoms with Crippen molar-refractivity contribution in [3.05, 3.63) is 95.1 Å². The van der Waals surface area contributed by atoms with Crippen molar-refractivity contribution in [2.24, 2.45) is 34.6 Å². The highest BCUT2D eigenvalue weighted by molar-refractivity contribution is 6.08. The number of benzene rings is 4. The van der Waals surface area contributed by atoms with Crippen LogP contribution in [0.3, 0.4) is 0 Å². The van der Waals surface area contributed by atoms with Gasteiger partial charge in [-0.2, -0.15) is 0 Å². The molecular weight excluding hydrogens is 1150 g/mol. The van der Waals surface area contributed by atoms with Gasteiger partial charge < -0.3 is 95.3 Å². The minimum atomic E-state index is -1.23. The van der Waals surface area contributed by atoms with Gasteiger partial charge in [0.2, 0.25) is 23.6 Å². The van der Waals surface area contributed by atoms with Gasteiger partial charge in [-0.25, -0.2) is 4.79 Å². The highest BCUT2D eigenvalue weighted by Gasteiger charge is 2.30. The molecule has 4 aromatic carbocycles. The number of unbranched alkanes of at least 4 members (excludes halogenated alkanes) is 5. The summed E-state index contributed by atoms with van der Waals surface area (Å²) in [5.74, 6) is -6.60. The molecule has 0 saturated heterocycles. The van der Waals surface area contributed by atoms with E-state index in [0.717, 1.165) is 12.8 Å². The number of hydrogen-bond acceptors (Lipinski definition) is 18. The molecule has 5 atom stereocenters. The molecule has 4 rings (SSSR count). The molecule has 27 heteroatoms. The Kier molecular flexibility index (Phi) is 30.8. The van der Waals surface area contributed by atoms with Crippen molar-refractivity contribution in [1.82, 2.24) is 21.3 Å². The summed E-state index contributed by atoms with van der Waals surface area (Å²) in [6.07, 6.45) is 6.05. The van der Waals surface area contributed by atoms with Crippen molar-refractivity contribution in [2.45, 2.75) is 128 Å². The second kappa shape index (κ2) is 37.7. The van der Waals surface area contributed by atoms with Crippen LogP contribution in [0.1, 0.15) is 139 Å². The largest absolute Gasteiger partial charge is 0.496 e. The Morgan fingerprint density at radius 1 is 0.393 bits per heavy atom. The maximum atomic E-state index is 14.3. The molecule has 19 N–H and O–H groups in total. The number of methoxy groups -OCH3 is 4. The number of rotatable bonds is 39. The number of carboxylic acids is 1. The molecule has 0 aromatic heterocycles. The maximum Gasteiger partial charge on any atom is 0.326 e. The van der Waals surface area contributed by atoms with Gasteiger partial charge in [-0.15, -0.1) is 0 Å². The molecule has 0 bridgehead atoms. The third-order valence-corrected chi connectivity index (χ3v) is 14.3. The Labute approximate surface area is 518 Å². The monoisotopic (exact) mass is 1240 g/mol. The highest BCUT2D eigenvalue weighted by Crippen LogP contribution is 2.29. The van der Waals surface area contributed by atoms with Crippen LogP contribution in [0.4, 0.5) is 22.7 Å². The summed E-state index contributed by atoms with van der Waals surface area (Å²) in [5.41, 5.74) is 29.6. The summed E-state index contributed by atoms with van der Waals surface area (Å²) < 4.78 is 21.9. The van der Waals surface area contributed by atoms with Gasteiger partial charge in [0.05, 0.1) is 56.7 Å². The van der Waals surface area contributed by atoms with Crippen LogP contribution >= 0.6 is 0 Å². The van der Waals surface area contributed by atoms with E-state index in [-0.39, 0.29) is 87.3 Å². The molecule has 0 saturated carbocycles. The molecule has 0 radical (unpaired) electrons. The number of ether oxygens (including phenoxy) is 4. The lowest BCUT2D eigenvalue weighted by molar-refractivity contribution is -0.140. The molecule has 8 amide bonds. The van der Waals surface area contributed by atoms with E-state index in [2.05, 4.69) is 42.5 Å². The number of nitrogens with one attached hydrogen (secondary N) is 8. The smallest absolute Gasteiger partial charge is 0.326 e. The zero-order valence-electron chi connectivity index (χ0n) is 51.6. The molecule has 27 nitrogen and oxygen atoms in total. The van der Waals surface area contributed by atoms with E-state index >= 15 is 0 Å². The van der Waals surface area contributed by atoms with Crippen LogP contribution in [0.5, 0.6) is 23.0 Å². The number of anilines is 4. The van der Waals surface area contributed by atoms with Gasteiger partial charge in [0.15, 0.2) is 0 Å². The lowest BCUT2D eigenvalue weighted by atomic mass is 10.0. The summed E-state index contributed by atoms with van der Waals surface area (Å²) in [5, 5.41) is 31.5. The van der Waals surface area contributed by atoms with Gasteiger partial charge in [0, 0.05) is 22.7 Å². The topological polar surface area (TPSA) is 437 Å². The summed E-state index contributed by atoms with van der Waals surface area (Å²) in [4.78, 5) is 123. The highest BCUT2D eigenvalue weighted by atomic mass is 16.5. The third kappa shape index (κ3) is 22.6. The third-order valence-electron chi connectivity index (χ3n) is 14.3. The Hall–Kier alpha value is -8.89. The first-order chi connectivity index (χ1) is 42.7. The lowest BCUT2D eigenvalue weighted by Gasteiger charge is -2.22. The molecule has 0 aliphatic heterocycles. The lowest BCUT2D eigenvalue weighted by Crippen LogP contribution is -2.45. The van der Waals surface area contributed by atoms with Crippen LogP contribution < -0.4 is 90.2 Å². The molecule has 89 heavy (non-hydrogen) atoms. The van der Waals surface area contributed by atoms with Crippen molar-refractivity contribution in [2.75, 3.05) is 75.9 Å². The van der Waals surface area contributed by atoms with E-state index in [0.29, 0.717) is 77.5 Å². The number of aliphatic carboxylic acids is 1. The summed E-state index contributed by atoms with van der Waals surface area (Å²) >= 11 is 0. The molecule has 0 aliphatic rings. The van der Waals surface area contributed by atoms with E-state index in [1.54, 1.807) is 19.9 Å². The molecule has 0 fully saturated rings. The maximum absolute atomic E-state index is 14.3. The second-order valence-electron chi connectivity index (χ2n) is 21.3. The number of amides is 8. The van der Waals surface area contributed by atoms with E-state index in [4.69, 9.17) is 47.6 Å². The van der Waals surface area contributed by atoms with Crippen molar-refractivity contribution in [1.29, 1.82) is 0 Å². The normalized spacial score (nSPS) is 12.6. The standard InChI is InChI=1S/C62H89N13O14/c1-36(2)53(62(84)85)75-57(79)44-35-40(23-27-52(44)89-6)71-61(83)48(19-11-15-31-66)74-56(78)43-34-39(22-26-51(43)88-5)70-60(82)47(18-10-14-30-65)73-55(77)42-33-38(21-25-50(42)87-4)69-59(81)46(17-9-13-29-64)72-54(76)41-32-37(20-24-49(41)86-3)68-58(80)45(67)16-8-7-12-28-63/h20-27,32-36,45-48,53H,7-19,28-31,63-67H2,1-6H3,(H,68,80)(H,69,81)(H,70,82)(H,71,83)(H,72,76)(H,73,77)(H,74,78)(H,75,79)(H,84,85)/t45-,46-,47-,48-,53-/m0/s1. The van der Waals surface area contributed by atoms with Crippen LogP contribution in [0.2, 0.25) is 0 Å². The van der Waals surface area contributed by atoms with Crippen molar-refractivity contribution in [3.8, 4) is 23.0 Å². The molecule has 0 spiro atoms. The zero-order valence-corrected chi connectivity index (χ0v) is 51.6. The Bertz CT molecular complexity index is 3050. The molecule has 0 heterocycles. The van der Waals surface area contributed by atoms with Crippen molar-refractivity contribution < 1.29 is 67.2 Å². The fraction of sp³-hybridized carbons (Fsp3) is 0.468. The van der Waals surface area contributed by atoms with Gasteiger partial charge in [0.25, 0.3) is 23.6 Å². The van der Waals surface area contributed by atoms with Crippen molar-refractivity contribution in [3.63, 3.8) is 0 Å². The van der Waals surface area contributed by atoms with E-state index < -0.39 is 89.4 Å². The average molecular weight is 1240 g/mol. The van der Waals surface area contributed by atoms with E-state index in [9.17, 15) is 48.3 Å². The first-order valence-electron chi connectivity index (χ1n) is 29.6. The molecule has 486 valence electrons. The summed E-state index contributed by atoms with van der Waals surface area (Å²) in [7, 11) is 5.38. The Morgan fingerprint density at radius 2 is 0.663 bits per heavy atom. The average Bonchev–Trinajstić information content (AvgIpc) is 3.73. The second-order valence-corrected chi connectivity index (χ2v) is 21.3. The zero-order chi connectivity index (χ0) is 65.6. The first kappa shape index (κ1) is 72.6. The minimum Gasteiger partial charge on any atom is -0.496 e. The fourth-order valence-corrected chi connectivity index (χ4v) is 9.32. The van der Waals surface area contributed by atoms with E-state index in [1.807, 2.05) is 0 Å². The molecule has 0 aliphatic carbocycles. The number of carboxylic acid groups (broad SMARTS) is 1. The Morgan fingerprint density at radius 3 is 0.933 bits per heavy atom. The predicted octanol–water partition coefficient (Wildman–Crippen LogP) is 3.94. The van der Waals surface area contributed by atoms with Gasteiger partial charge in [-0.05, 0) is 176 Å². The predicted molar refractivity (Wildman–Crippen MR) is 338 cm³/mol. The molecule has 4 aromatic rings.